The van der Waals surface area contributed by atoms with Crippen LogP contribution in [-0.4, -0.2) is 87.5 Å². The number of aliphatic hydroxyl groups is 5. The van der Waals surface area contributed by atoms with Crippen LogP contribution in [0.2, 0.25) is 0 Å². The van der Waals surface area contributed by atoms with Gasteiger partial charge in [-0.3, -0.25) is 4.79 Å². The summed E-state index contributed by atoms with van der Waals surface area (Å²) in [5, 5.41) is 54.2. The van der Waals surface area contributed by atoms with Crippen molar-refractivity contribution in [3.05, 3.63) is 48.6 Å². The van der Waals surface area contributed by atoms with Gasteiger partial charge in [-0.05, 0) is 51.4 Å². The molecule has 6 N–H and O–H groups in total. The molecule has 1 fully saturated rings. The van der Waals surface area contributed by atoms with Gasteiger partial charge < -0.3 is 40.3 Å². The minimum Gasteiger partial charge on any atom is -0.394 e. The number of carbonyl (C=O) groups excluding carboxylic acids is 1. The van der Waals surface area contributed by atoms with Crippen molar-refractivity contribution >= 4 is 5.91 Å². The number of nitrogens with one attached hydrogen (secondary N) is 1. The molecule has 0 aromatic heterocycles. The summed E-state index contributed by atoms with van der Waals surface area (Å²) in [6, 6.07) is -0.713. The molecule has 0 spiro atoms. The summed E-state index contributed by atoms with van der Waals surface area (Å²) in [6.45, 7) is 3.69. The zero-order chi connectivity index (χ0) is 51.5. The molecule has 0 aromatic rings. The minimum absolute atomic E-state index is 0.136. The number of carbonyl (C=O) groups is 1. The molecular weight excluding hydrogens is 887 g/mol. The zero-order valence-electron chi connectivity index (χ0n) is 46.2. The Morgan fingerprint density at radius 3 is 1.30 bits per heavy atom. The van der Waals surface area contributed by atoms with E-state index in [1.54, 1.807) is 0 Å². The number of hydrogen-bond acceptors (Lipinski definition) is 8. The van der Waals surface area contributed by atoms with E-state index >= 15 is 0 Å². The van der Waals surface area contributed by atoms with Crippen LogP contribution in [0.5, 0.6) is 0 Å². The molecule has 0 radical (unpaired) electrons. The highest BCUT2D eigenvalue weighted by Crippen LogP contribution is 2.23. The highest BCUT2D eigenvalue weighted by atomic mass is 16.7. The van der Waals surface area contributed by atoms with E-state index in [4.69, 9.17) is 9.47 Å². The van der Waals surface area contributed by atoms with E-state index in [0.717, 1.165) is 64.2 Å². The van der Waals surface area contributed by atoms with E-state index < -0.39 is 49.5 Å². The van der Waals surface area contributed by atoms with Crippen molar-refractivity contribution in [1.82, 2.24) is 5.32 Å². The Bertz CT molecular complexity index is 1250. The lowest BCUT2D eigenvalue weighted by Crippen LogP contribution is -2.60. The first-order chi connectivity index (χ1) is 34.8. The Hall–Kier alpha value is -1.85. The molecule has 416 valence electrons. The quantitative estimate of drug-likeness (QED) is 0.0261. The van der Waals surface area contributed by atoms with E-state index in [-0.39, 0.29) is 12.5 Å². The summed E-state index contributed by atoms with van der Waals surface area (Å²) < 4.78 is 11.2. The largest absolute Gasteiger partial charge is 0.394 e. The van der Waals surface area contributed by atoms with E-state index in [2.05, 4.69) is 67.8 Å². The second-order valence-electron chi connectivity index (χ2n) is 21.1. The summed E-state index contributed by atoms with van der Waals surface area (Å²) in [6.07, 6.45) is 62.2. The van der Waals surface area contributed by atoms with Gasteiger partial charge >= 0.3 is 0 Å². The van der Waals surface area contributed by atoms with E-state index in [1.165, 1.54) is 193 Å². The molecule has 9 heteroatoms. The van der Waals surface area contributed by atoms with Crippen molar-refractivity contribution in [2.24, 2.45) is 0 Å². The molecule has 1 amide bonds. The Balaban J connectivity index is 1.93. The summed E-state index contributed by atoms with van der Waals surface area (Å²) in [5.74, 6) is -0.144. The number of unbranched alkanes of at least 4 members (excludes halogenated alkanes) is 34. The lowest BCUT2D eigenvalue weighted by atomic mass is 9.99. The number of hydrogen-bond donors (Lipinski definition) is 6. The maximum atomic E-state index is 13.0. The average Bonchev–Trinajstić information content (AvgIpc) is 3.37. The lowest BCUT2D eigenvalue weighted by molar-refractivity contribution is -0.302. The molecule has 1 saturated heterocycles. The van der Waals surface area contributed by atoms with Crippen LogP contribution in [0, 0.1) is 0 Å². The van der Waals surface area contributed by atoms with Gasteiger partial charge in [0.25, 0.3) is 0 Å². The lowest BCUT2D eigenvalue weighted by Gasteiger charge is -2.40. The Morgan fingerprint density at radius 2 is 0.873 bits per heavy atom. The first-order valence-electron chi connectivity index (χ1n) is 30.3. The molecule has 1 aliphatic heterocycles. The fourth-order valence-corrected chi connectivity index (χ4v) is 9.68. The number of amides is 1. The van der Waals surface area contributed by atoms with Crippen LogP contribution in [0.15, 0.2) is 48.6 Å². The van der Waals surface area contributed by atoms with Crippen molar-refractivity contribution < 1.29 is 39.8 Å². The summed E-state index contributed by atoms with van der Waals surface area (Å²) in [7, 11) is 0. The normalized spacial score (nSPS) is 19.6. The minimum atomic E-state index is -1.55. The molecule has 0 bridgehead atoms. The van der Waals surface area contributed by atoms with E-state index in [0.29, 0.717) is 12.8 Å². The van der Waals surface area contributed by atoms with Crippen LogP contribution >= 0.6 is 0 Å². The van der Waals surface area contributed by atoms with Crippen molar-refractivity contribution in [3.8, 4) is 0 Å². The molecule has 7 unspecified atom stereocenters. The summed E-state index contributed by atoms with van der Waals surface area (Å²) in [5.41, 5.74) is 0. The van der Waals surface area contributed by atoms with Crippen molar-refractivity contribution in [2.75, 3.05) is 13.2 Å². The summed E-state index contributed by atoms with van der Waals surface area (Å²) >= 11 is 0. The Kier molecular flexibility index (Phi) is 48.8. The van der Waals surface area contributed by atoms with Gasteiger partial charge in [0.2, 0.25) is 5.91 Å². The highest BCUT2D eigenvalue weighted by molar-refractivity contribution is 5.76. The Labute approximate surface area is 437 Å². The third-order valence-electron chi connectivity index (χ3n) is 14.4. The van der Waals surface area contributed by atoms with Gasteiger partial charge in [-0.15, -0.1) is 0 Å². The van der Waals surface area contributed by atoms with Crippen molar-refractivity contribution in [1.29, 1.82) is 0 Å². The smallest absolute Gasteiger partial charge is 0.220 e. The molecule has 7 atom stereocenters. The fraction of sp³-hybridized carbons (Fsp3) is 0.855. The van der Waals surface area contributed by atoms with E-state index in [1.807, 2.05) is 0 Å². The molecule has 9 nitrogen and oxygen atoms in total. The van der Waals surface area contributed by atoms with Gasteiger partial charge in [-0.25, -0.2) is 0 Å². The van der Waals surface area contributed by atoms with Gasteiger partial charge in [0.15, 0.2) is 6.29 Å². The molecular formula is C62H115NO8. The fourth-order valence-electron chi connectivity index (χ4n) is 9.68. The third-order valence-corrected chi connectivity index (χ3v) is 14.4. The number of aliphatic hydroxyl groups excluding tert-OH is 5. The van der Waals surface area contributed by atoms with Gasteiger partial charge in [0.1, 0.15) is 24.4 Å². The van der Waals surface area contributed by atoms with Crippen LogP contribution in [0.4, 0.5) is 0 Å². The van der Waals surface area contributed by atoms with Crippen molar-refractivity contribution in [3.63, 3.8) is 0 Å². The monoisotopic (exact) mass is 1000 g/mol. The molecule has 0 aliphatic carbocycles. The maximum Gasteiger partial charge on any atom is 0.220 e. The van der Waals surface area contributed by atoms with Gasteiger partial charge in [0, 0.05) is 6.42 Å². The second-order valence-corrected chi connectivity index (χ2v) is 21.1. The molecule has 1 heterocycles. The topological polar surface area (TPSA) is 149 Å². The van der Waals surface area contributed by atoms with Gasteiger partial charge in [0.05, 0.1) is 25.4 Å². The summed E-state index contributed by atoms with van der Waals surface area (Å²) in [4.78, 5) is 13.0. The Morgan fingerprint density at radius 1 is 0.493 bits per heavy atom. The first-order valence-corrected chi connectivity index (χ1v) is 30.3. The number of allylic oxidation sites excluding steroid dienone is 8. The van der Waals surface area contributed by atoms with Crippen LogP contribution in [0.3, 0.4) is 0 Å². The standard InChI is InChI=1S/C62H115NO8/c1-3-5-7-9-11-12-13-14-15-16-17-18-19-20-21-22-23-24-25-26-27-28-29-30-31-32-33-34-35-36-37-38-39-40-41-42-43-44-46-48-50-52-58(66)63-55(56(65)51-49-47-45-10-8-6-4-2)54-70-62-61(69)60(68)59(67)57(53-64)71-62/h5,7,11-12,14-15,17-18,55-57,59-62,64-65,67-69H,3-4,6,8-10,13,16,19-54H2,1-2H3,(H,63,66)/b7-5-,12-11-,15-14-,18-17-. The molecule has 71 heavy (non-hydrogen) atoms. The van der Waals surface area contributed by atoms with Crippen LogP contribution in [0.1, 0.15) is 284 Å². The maximum absolute atomic E-state index is 13.0. The first kappa shape index (κ1) is 67.2. The average molecular weight is 1000 g/mol. The van der Waals surface area contributed by atoms with Crippen LogP contribution < -0.4 is 5.32 Å². The third kappa shape index (κ3) is 41.1. The predicted octanol–water partition coefficient (Wildman–Crippen LogP) is 15.3. The van der Waals surface area contributed by atoms with Gasteiger partial charge in [-0.2, -0.15) is 0 Å². The molecule has 1 aliphatic rings. The highest BCUT2D eigenvalue weighted by Gasteiger charge is 2.44. The zero-order valence-corrected chi connectivity index (χ0v) is 46.2. The van der Waals surface area contributed by atoms with Crippen molar-refractivity contribution in [2.45, 2.75) is 326 Å². The van der Waals surface area contributed by atoms with E-state index in [9.17, 15) is 30.3 Å². The predicted molar refractivity (Wildman–Crippen MR) is 299 cm³/mol. The van der Waals surface area contributed by atoms with Crippen LogP contribution in [-0.2, 0) is 14.3 Å². The molecule has 1 rings (SSSR count). The number of rotatable bonds is 52. The number of ether oxygens (including phenoxy) is 2. The van der Waals surface area contributed by atoms with Gasteiger partial charge in [-0.1, -0.05) is 274 Å². The molecule has 0 aromatic carbocycles. The second kappa shape index (κ2) is 51.6. The molecule has 0 saturated carbocycles. The SMILES string of the molecule is CC/C=C\C/C=C\C/C=C\C/C=C\CCCCCCCCCCCCCCCCCCCCCCCCCCCCCCC(=O)NC(COC1OC(CO)C(O)C(O)C1O)C(O)CCCCCCCCC. The van der Waals surface area contributed by atoms with Crippen LogP contribution in [0.25, 0.3) is 0 Å².